The molecule has 31 heavy (non-hydrogen) atoms. The van der Waals surface area contributed by atoms with Gasteiger partial charge in [-0.25, -0.2) is 9.78 Å². The number of amides is 2. The molecule has 8 heteroatoms. The fraction of sp³-hybridized carbons (Fsp3) is 0.0870. The van der Waals surface area contributed by atoms with Crippen LogP contribution in [-0.2, 0) is 4.74 Å². The topological polar surface area (TPSA) is 87.3 Å². The molecule has 3 aromatic carbocycles. The summed E-state index contributed by atoms with van der Waals surface area (Å²) in [5, 5.41) is 3.50. The molecule has 0 unspecified atom stereocenters. The molecular formula is C23H17ClN4O3. The molecule has 4 aromatic rings. The van der Waals surface area contributed by atoms with Gasteiger partial charge >= 0.3 is 6.09 Å². The van der Waals surface area contributed by atoms with Crippen molar-refractivity contribution in [2.24, 2.45) is 0 Å². The minimum atomic E-state index is -0.406. The van der Waals surface area contributed by atoms with Crippen LogP contribution in [0.4, 0.5) is 16.2 Å². The molecule has 0 spiro atoms. The smallest absolute Gasteiger partial charge is 0.414 e. The number of H-pyrrole nitrogens is 1. The first-order chi connectivity index (χ1) is 15.1. The first kappa shape index (κ1) is 19.1. The van der Waals surface area contributed by atoms with Crippen molar-refractivity contribution in [1.29, 1.82) is 0 Å². The number of benzene rings is 3. The first-order valence-electron chi connectivity index (χ1n) is 9.69. The summed E-state index contributed by atoms with van der Waals surface area (Å²) in [5.41, 5.74) is 4.05. The average molecular weight is 433 g/mol. The summed E-state index contributed by atoms with van der Waals surface area (Å²) < 4.78 is 4.97. The number of rotatable bonds is 4. The Kier molecular flexibility index (Phi) is 4.80. The molecule has 1 aromatic heterocycles. The zero-order valence-electron chi connectivity index (χ0n) is 16.3. The van der Waals surface area contributed by atoms with Crippen molar-refractivity contribution >= 4 is 46.0 Å². The van der Waals surface area contributed by atoms with E-state index in [-0.39, 0.29) is 5.91 Å². The largest absolute Gasteiger partial charge is 0.447 e. The van der Waals surface area contributed by atoms with Crippen molar-refractivity contribution in [1.82, 2.24) is 9.97 Å². The summed E-state index contributed by atoms with van der Waals surface area (Å²) in [6.45, 7) is 0.809. The monoisotopic (exact) mass is 432 g/mol. The third kappa shape index (κ3) is 3.71. The fourth-order valence-corrected chi connectivity index (χ4v) is 3.74. The number of hydrogen-bond acceptors (Lipinski definition) is 4. The molecule has 2 heterocycles. The Balaban J connectivity index is 1.39. The van der Waals surface area contributed by atoms with Gasteiger partial charge in [-0.2, -0.15) is 0 Å². The predicted octanol–water partition coefficient (Wildman–Crippen LogP) is 5.09. The number of ether oxygens (including phenoxy) is 1. The van der Waals surface area contributed by atoms with Gasteiger partial charge in [0.25, 0.3) is 5.91 Å². The van der Waals surface area contributed by atoms with Gasteiger partial charge in [-0.15, -0.1) is 0 Å². The van der Waals surface area contributed by atoms with E-state index in [9.17, 15) is 9.59 Å². The third-order valence-electron chi connectivity index (χ3n) is 5.05. The van der Waals surface area contributed by atoms with Gasteiger partial charge in [-0.1, -0.05) is 29.8 Å². The molecule has 0 saturated carbocycles. The van der Waals surface area contributed by atoms with E-state index in [1.165, 1.54) is 4.90 Å². The third-order valence-corrected chi connectivity index (χ3v) is 5.38. The van der Waals surface area contributed by atoms with E-state index >= 15 is 0 Å². The molecule has 0 radical (unpaired) electrons. The van der Waals surface area contributed by atoms with Crippen LogP contribution < -0.4 is 10.2 Å². The summed E-state index contributed by atoms with van der Waals surface area (Å²) in [7, 11) is 0. The fourth-order valence-electron chi connectivity index (χ4n) is 3.51. The van der Waals surface area contributed by atoms with Crippen LogP contribution in [0.25, 0.3) is 22.4 Å². The number of fused-ring (bicyclic) bond motifs is 1. The second-order valence-electron chi connectivity index (χ2n) is 7.07. The maximum absolute atomic E-state index is 12.8. The zero-order chi connectivity index (χ0) is 21.4. The standard InChI is InChI=1S/C23H17ClN4O3/c24-18-7-2-1-6-17(18)21-26-19-9-8-15(13-20(19)27-21)25-22(29)14-4-3-5-16(12-14)28-10-11-31-23(28)30/h1-9,12-13H,10-11H2,(H,25,29)(H,26,27). The molecule has 0 bridgehead atoms. The van der Waals surface area contributed by atoms with E-state index in [1.807, 2.05) is 36.4 Å². The lowest BCUT2D eigenvalue weighted by Crippen LogP contribution is -2.23. The van der Waals surface area contributed by atoms with Gasteiger partial charge in [-0.05, 0) is 48.5 Å². The minimum absolute atomic E-state index is 0.278. The molecule has 1 aliphatic heterocycles. The van der Waals surface area contributed by atoms with E-state index in [4.69, 9.17) is 16.3 Å². The summed E-state index contributed by atoms with van der Waals surface area (Å²) in [6, 6.07) is 19.8. The Morgan fingerprint density at radius 2 is 1.97 bits per heavy atom. The number of aromatic amines is 1. The first-order valence-corrected chi connectivity index (χ1v) is 10.1. The van der Waals surface area contributed by atoms with Crippen molar-refractivity contribution in [2.75, 3.05) is 23.4 Å². The Morgan fingerprint density at radius 1 is 1.10 bits per heavy atom. The van der Waals surface area contributed by atoms with Crippen LogP contribution in [0, 0.1) is 0 Å². The maximum atomic E-state index is 12.8. The molecule has 7 nitrogen and oxygen atoms in total. The lowest BCUT2D eigenvalue weighted by molar-refractivity contribution is 0.102. The molecular weight excluding hydrogens is 416 g/mol. The number of imidazole rings is 1. The highest BCUT2D eigenvalue weighted by molar-refractivity contribution is 6.33. The number of cyclic esters (lactones) is 1. The predicted molar refractivity (Wildman–Crippen MR) is 120 cm³/mol. The van der Waals surface area contributed by atoms with E-state index in [0.29, 0.717) is 40.9 Å². The van der Waals surface area contributed by atoms with Crippen LogP contribution in [0.1, 0.15) is 10.4 Å². The second kappa shape index (κ2) is 7.77. The van der Waals surface area contributed by atoms with Crippen LogP contribution in [0.5, 0.6) is 0 Å². The van der Waals surface area contributed by atoms with Gasteiger partial charge in [0.05, 0.1) is 22.6 Å². The highest BCUT2D eigenvalue weighted by Crippen LogP contribution is 2.28. The number of nitrogens with one attached hydrogen (secondary N) is 2. The SMILES string of the molecule is O=C(Nc1ccc2nc(-c3ccccc3Cl)[nH]c2c1)c1cccc(N2CCOC2=O)c1. The van der Waals surface area contributed by atoms with Crippen LogP contribution in [0.2, 0.25) is 5.02 Å². The number of carbonyl (C=O) groups is 2. The maximum Gasteiger partial charge on any atom is 0.414 e. The Labute approximate surface area is 182 Å². The lowest BCUT2D eigenvalue weighted by atomic mass is 10.1. The quantitative estimate of drug-likeness (QED) is 0.470. The summed E-state index contributed by atoms with van der Waals surface area (Å²) in [6.07, 6.45) is -0.406. The van der Waals surface area contributed by atoms with Crippen LogP contribution >= 0.6 is 11.6 Å². The second-order valence-corrected chi connectivity index (χ2v) is 7.47. The van der Waals surface area contributed by atoms with Crippen LogP contribution in [-0.4, -0.2) is 35.1 Å². The van der Waals surface area contributed by atoms with Gasteiger partial charge in [0, 0.05) is 22.5 Å². The molecule has 2 amide bonds. The highest BCUT2D eigenvalue weighted by Gasteiger charge is 2.24. The van der Waals surface area contributed by atoms with Crippen molar-refractivity contribution in [3.05, 3.63) is 77.3 Å². The van der Waals surface area contributed by atoms with Gasteiger partial charge in [0.2, 0.25) is 0 Å². The number of anilines is 2. The van der Waals surface area contributed by atoms with Crippen molar-refractivity contribution < 1.29 is 14.3 Å². The summed E-state index contributed by atoms with van der Waals surface area (Å²) in [4.78, 5) is 33.9. The molecule has 0 atom stereocenters. The molecule has 154 valence electrons. The molecule has 1 saturated heterocycles. The average Bonchev–Trinajstić information content (AvgIpc) is 3.40. The van der Waals surface area contributed by atoms with Crippen molar-refractivity contribution in [2.45, 2.75) is 0 Å². The number of halogens is 1. The van der Waals surface area contributed by atoms with Crippen LogP contribution in [0.15, 0.2) is 66.7 Å². The Bertz CT molecular complexity index is 1320. The number of carbonyl (C=O) groups excluding carboxylic acids is 2. The highest BCUT2D eigenvalue weighted by atomic mass is 35.5. The zero-order valence-corrected chi connectivity index (χ0v) is 17.0. The van der Waals surface area contributed by atoms with Gasteiger partial charge in [0.15, 0.2) is 0 Å². The van der Waals surface area contributed by atoms with Crippen molar-refractivity contribution in [3.8, 4) is 11.4 Å². The van der Waals surface area contributed by atoms with Crippen LogP contribution in [0.3, 0.4) is 0 Å². The summed E-state index contributed by atoms with van der Waals surface area (Å²) >= 11 is 6.27. The molecule has 5 rings (SSSR count). The summed E-state index contributed by atoms with van der Waals surface area (Å²) in [5.74, 6) is 0.383. The van der Waals surface area contributed by atoms with E-state index < -0.39 is 6.09 Å². The van der Waals surface area contributed by atoms with E-state index in [2.05, 4.69) is 15.3 Å². The normalized spacial score (nSPS) is 13.5. The Hall–Kier alpha value is -3.84. The van der Waals surface area contributed by atoms with Gasteiger partial charge in [0.1, 0.15) is 12.4 Å². The Morgan fingerprint density at radius 3 is 2.77 bits per heavy atom. The lowest BCUT2D eigenvalue weighted by Gasteiger charge is -2.13. The van der Waals surface area contributed by atoms with Gasteiger partial charge in [-0.3, -0.25) is 9.69 Å². The number of nitrogens with zero attached hydrogens (tertiary/aromatic N) is 2. The van der Waals surface area contributed by atoms with Gasteiger partial charge < -0.3 is 15.0 Å². The molecule has 1 fully saturated rings. The van der Waals surface area contributed by atoms with Crippen molar-refractivity contribution in [3.63, 3.8) is 0 Å². The minimum Gasteiger partial charge on any atom is -0.447 e. The molecule has 1 aliphatic rings. The van der Waals surface area contributed by atoms with E-state index in [1.54, 1.807) is 30.3 Å². The van der Waals surface area contributed by atoms with E-state index in [0.717, 1.165) is 16.6 Å². The number of aromatic nitrogens is 2. The molecule has 0 aliphatic carbocycles. The number of hydrogen-bond donors (Lipinski definition) is 2. The molecule has 2 N–H and O–H groups in total.